The summed E-state index contributed by atoms with van der Waals surface area (Å²) in [6, 6.07) is 5.44. The Morgan fingerprint density at radius 1 is 1.33 bits per heavy atom. The SMILES string of the molecule is O=S1CCC(NCC(O)COc2c(Cl)cccc2Cl)CC1. The minimum absolute atomic E-state index is 0.120. The maximum absolute atomic E-state index is 11.3. The van der Waals surface area contributed by atoms with Gasteiger partial charge in [0.25, 0.3) is 0 Å². The van der Waals surface area contributed by atoms with Crippen molar-refractivity contribution in [3.05, 3.63) is 28.2 Å². The van der Waals surface area contributed by atoms with Gasteiger partial charge in [-0.2, -0.15) is 0 Å². The van der Waals surface area contributed by atoms with Crippen molar-refractivity contribution in [1.82, 2.24) is 5.32 Å². The molecular formula is C14H19Cl2NO3S. The fourth-order valence-corrected chi connectivity index (χ4v) is 3.97. The first-order valence-corrected chi connectivity index (χ1v) is 9.14. The maximum atomic E-state index is 11.3. The molecule has 118 valence electrons. The second-order valence-corrected chi connectivity index (χ2v) is 7.56. The second kappa shape index (κ2) is 8.34. The number of halogens is 2. The van der Waals surface area contributed by atoms with Crippen LogP contribution in [0.1, 0.15) is 12.8 Å². The zero-order valence-electron chi connectivity index (χ0n) is 11.6. The summed E-state index contributed by atoms with van der Waals surface area (Å²) in [6.45, 7) is 0.550. The summed E-state index contributed by atoms with van der Waals surface area (Å²) in [5.74, 6) is 1.87. The maximum Gasteiger partial charge on any atom is 0.156 e. The fourth-order valence-electron chi connectivity index (χ4n) is 2.16. The van der Waals surface area contributed by atoms with Crippen LogP contribution >= 0.6 is 23.2 Å². The molecule has 1 aromatic rings. The average molecular weight is 352 g/mol. The first-order chi connectivity index (χ1) is 10.1. The number of hydrogen-bond acceptors (Lipinski definition) is 4. The Bertz CT molecular complexity index is 471. The number of nitrogens with one attached hydrogen (secondary N) is 1. The Labute approximate surface area is 137 Å². The highest BCUT2D eigenvalue weighted by Crippen LogP contribution is 2.32. The average Bonchev–Trinajstić information content (AvgIpc) is 2.46. The molecule has 0 amide bonds. The Balaban J connectivity index is 1.72. The number of para-hydroxylation sites is 1. The van der Waals surface area contributed by atoms with E-state index in [1.807, 2.05) is 0 Å². The molecule has 1 saturated heterocycles. The van der Waals surface area contributed by atoms with Crippen molar-refractivity contribution in [3.8, 4) is 5.75 Å². The van der Waals surface area contributed by atoms with Crippen LogP contribution in [-0.2, 0) is 10.8 Å². The molecule has 21 heavy (non-hydrogen) atoms. The van der Waals surface area contributed by atoms with Crippen molar-refractivity contribution < 1.29 is 14.1 Å². The van der Waals surface area contributed by atoms with Crippen LogP contribution in [0.25, 0.3) is 0 Å². The summed E-state index contributed by atoms with van der Waals surface area (Å²) in [4.78, 5) is 0. The number of rotatable bonds is 6. The standard InChI is InChI=1S/C14H19Cl2NO3S/c15-12-2-1-3-13(16)14(12)20-9-11(18)8-17-10-4-6-21(19)7-5-10/h1-3,10-11,17-18H,4-9H2. The number of benzene rings is 1. The largest absolute Gasteiger partial charge is 0.488 e. The van der Waals surface area contributed by atoms with E-state index in [-0.39, 0.29) is 6.61 Å². The van der Waals surface area contributed by atoms with Gasteiger partial charge in [0, 0.05) is 34.9 Å². The van der Waals surface area contributed by atoms with Crippen molar-refractivity contribution in [2.45, 2.75) is 25.0 Å². The van der Waals surface area contributed by atoms with Gasteiger partial charge in [-0.15, -0.1) is 0 Å². The molecule has 1 aliphatic rings. The highest BCUT2D eigenvalue weighted by Gasteiger charge is 2.18. The van der Waals surface area contributed by atoms with Crippen molar-refractivity contribution in [1.29, 1.82) is 0 Å². The van der Waals surface area contributed by atoms with Crippen LogP contribution in [0, 0.1) is 0 Å². The van der Waals surface area contributed by atoms with Gasteiger partial charge in [0.15, 0.2) is 5.75 Å². The van der Waals surface area contributed by atoms with Crippen LogP contribution in [0.3, 0.4) is 0 Å². The van der Waals surface area contributed by atoms with E-state index >= 15 is 0 Å². The second-order valence-electron chi connectivity index (χ2n) is 5.05. The lowest BCUT2D eigenvalue weighted by Gasteiger charge is -2.24. The van der Waals surface area contributed by atoms with E-state index in [1.54, 1.807) is 18.2 Å². The Morgan fingerprint density at radius 3 is 2.57 bits per heavy atom. The summed E-state index contributed by atoms with van der Waals surface area (Å²) in [7, 11) is -0.665. The third kappa shape index (κ3) is 5.42. The van der Waals surface area contributed by atoms with Crippen LogP contribution in [0.4, 0.5) is 0 Å². The normalized spacial score (nSPS) is 23.8. The number of hydrogen-bond donors (Lipinski definition) is 2. The lowest BCUT2D eigenvalue weighted by Crippen LogP contribution is -2.41. The van der Waals surface area contributed by atoms with E-state index in [0.29, 0.717) is 28.4 Å². The van der Waals surface area contributed by atoms with Crippen molar-refractivity contribution in [2.24, 2.45) is 0 Å². The molecule has 2 rings (SSSR count). The van der Waals surface area contributed by atoms with Gasteiger partial charge in [0.1, 0.15) is 12.7 Å². The lowest BCUT2D eigenvalue weighted by atomic mass is 10.1. The van der Waals surface area contributed by atoms with Crippen LogP contribution < -0.4 is 10.1 Å². The molecule has 0 saturated carbocycles. The Kier molecular flexibility index (Phi) is 6.76. The summed E-state index contributed by atoms with van der Waals surface area (Å²) in [5, 5.41) is 14.1. The van der Waals surface area contributed by atoms with E-state index in [2.05, 4.69) is 5.32 Å². The van der Waals surface area contributed by atoms with Gasteiger partial charge in [-0.1, -0.05) is 29.3 Å². The van der Waals surface area contributed by atoms with Gasteiger partial charge in [0.05, 0.1) is 10.0 Å². The van der Waals surface area contributed by atoms with Gasteiger partial charge < -0.3 is 15.2 Å². The summed E-state index contributed by atoms with van der Waals surface area (Å²) in [6.07, 6.45) is 1.12. The highest BCUT2D eigenvalue weighted by atomic mass is 35.5. The van der Waals surface area contributed by atoms with Crippen LogP contribution in [-0.4, -0.2) is 46.1 Å². The first kappa shape index (κ1) is 17.0. The molecular weight excluding hydrogens is 333 g/mol. The molecule has 1 aliphatic heterocycles. The number of aliphatic hydroxyl groups is 1. The molecule has 1 fully saturated rings. The molecule has 1 aromatic carbocycles. The van der Waals surface area contributed by atoms with Gasteiger partial charge in [-0.05, 0) is 25.0 Å². The molecule has 0 spiro atoms. The molecule has 1 heterocycles. The molecule has 0 aliphatic carbocycles. The monoisotopic (exact) mass is 351 g/mol. The van der Waals surface area contributed by atoms with Gasteiger partial charge in [-0.3, -0.25) is 4.21 Å². The number of ether oxygens (including phenoxy) is 1. The van der Waals surface area contributed by atoms with Crippen LogP contribution in [0.5, 0.6) is 5.75 Å². The van der Waals surface area contributed by atoms with Crippen molar-refractivity contribution >= 4 is 34.0 Å². The van der Waals surface area contributed by atoms with E-state index in [4.69, 9.17) is 27.9 Å². The zero-order valence-corrected chi connectivity index (χ0v) is 13.9. The molecule has 0 radical (unpaired) electrons. The first-order valence-electron chi connectivity index (χ1n) is 6.89. The van der Waals surface area contributed by atoms with Gasteiger partial charge in [0.2, 0.25) is 0 Å². The van der Waals surface area contributed by atoms with E-state index in [1.165, 1.54) is 0 Å². The van der Waals surface area contributed by atoms with E-state index < -0.39 is 16.9 Å². The predicted octanol–water partition coefficient (Wildman–Crippen LogP) is 2.23. The highest BCUT2D eigenvalue weighted by molar-refractivity contribution is 7.85. The Hall–Kier alpha value is -0.330. The lowest BCUT2D eigenvalue weighted by molar-refractivity contribution is 0.103. The smallest absolute Gasteiger partial charge is 0.156 e. The van der Waals surface area contributed by atoms with Gasteiger partial charge >= 0.3 is 0 Å². The van der Waals surface area contributed by atoms with Crippen molar-refractivity contribution in [2.75, 3.05) is 24.7 Å². The molecule has 0 bridgehead atoms. The van der Waals surface area contributed by atoms with Gasteiger partial charge in [-0.25, -0.2) is 0 Å². The quantitative estimate of drug-likeness (QED) is 0.824. The minimum atomic E-state index is -0.665. The third-order valence-electron chi connectivity index (χ3n) is 3.37. The van der Waals surface area contributed by atoms with Crippen LogP contribution in [0.2, 0.25) is 10.0 Å². The summed E-state index contributed by atoms with van der Waals surface area (Å²) < 4.78 is 16.7. The number of aliphatic hydroxyl groups excluding tert-OH is 1. The predicted molar refractivity (Wildman–Crippen MR) is 86.9 cm³/mol. The molecule has 4 nitrogen and oxygen atoms in total. The molecule has 0 aromatic heterocycles. The van der Waals surface area contributed by atoms with Crippen LogP contribution in [0.15, 0.2) is 18.2 Å². The molecule has 2 N–H and O–H groups in total. The van der Waals surface area contributed by atoms with E-state index in [0.717, 1.165) is 24.3 Å². The minimum Gasteiger partial charge on any atom is -0.488 e. The molecule has 1 atom stereocenters. The van der Waals surface area contributed by atoms with E-state index in [9.17, 15) is 9.32 Å². The zero-order chi connectivity index (χ0) is 15.2. The van der Waals surface area contributed by atoms with Crippen molar-refractivity contribution in [3.63, 3.8) is 0 Å². The molecule has 1 unspecified atom stereocenters. The summed E-state index contributed by atoms with van der Waals surface area (Å²) in [5.41, 5.74) is 0. The fraction of sp³-hybridized carbons (Fsp3) is 0.571. The third-order valence-corrected chi connectivity index (χ3v) is 5.35. The Morgan fingerprint density at radius 2 is 1.95 bits per heavy atom. The topological polar surface area (TPSA) is 58.6 Å². The molecule has 7 heteroatoms. The summed E-state index contributed by atoms with van der Waals surface area (Å²) >= 11 is 12.0.